The second-order valence-corrected chi connectivity index (χ2v) is 3.49. The molecule has 0 atom stereocenters. The predicted octanol–water partition coefficient (Wildman–Crippen LogP) is 2.86. The lowest BCUT2D eigenvalue weighted by molar-refractivity contribution is 1.03. The Morgan fingerprint density at radius 2 is 2.36 bits per heavy atom. The molecule has 0 unspecified atom stereocenters. The van der Waals surface area contributed by atoms with Crippen LogP contribution in [0.2, 0.25) is 0 Å². The molecule has 4 heteroatoms. The van der Waals surface area contributed by atoms with Gasteiger partial charge in [0.1, 0.15) is 10.6 Å². The van der Waals surface area contributed by atoms with Crippen LogP contribution >= 0.6 is 23.4 Å². The molecule has 0 aliphatic carbocycles. The minimum atomic E-state index is 0.486. The third-order valence-corrected chi connectivity index (χ3v) is 2.56. The Morgan fingerprint density at radius 1 is 1.64 bits per heavy atom. The third kappa shape index (κ3) is 2.25. The van der Waals surface area contributed by atoms with Crippen molar-refractivity contribution < 1.29 is 0 Å². The van der Waals surface area contributed by atoms with Gasteiger partial charge in [-0.3, -0.25) is 0 Å². The number of hydrogen-bond donors (Lipinski definition) is 0. The van der Waals surface area contributed by atoms with E-state index in [2.05, 4.69) is 4.99 Å². The number of hydrogen-bond acceptors (Lipinski definition) is 3. The van der Waals surface area contributed by atoms with Gasteiger partial charge in [0.05, 0.1) is 0 Å². The summed E-state index contributed by atoms with van der Waals surface area (Å²) in [6.45, 7) is 1.94. The number of thioether (sulfide) groups is 1. The van der Waals surface area contributed by atoms with E-state index in [-0.39, 0.29) is 0 Å². The molecular formula is C7H7ClN2S. The fourth-order valence-electron chi connectivity index (χ4n) is 0.832. The molecule has 0 fully saturated rings. The predicted molar refractivity (Wildman–Crippen MR) is 48.4 cm³/mol. The highest BCUT2D eigenvalue weighted by Crippen LogP contribution is 2.30. The summed E-state index contributed by atoms with van der Waals surface area (Å²) in [5.41, 5.74) is 1.04. The van der Waals surface area contributed by atoms with E-state index >= 15 is 0 Å². The zero-order chi connectivity index (χ0) is 8.27. The number of halogens is 1. The van der Waals surface area contributed by atoms with Gasteiger partial charge in [-0.05, 0) is 31.5 Å². The molecule has 0 N–H and O–H groups in total. The summed E-state index contributed by atoms with van der Waals surface area (Å²) in [7, 11) is 0. The summed E-state index contributed by atoms with van der Waals surface area (Å²) >= 11 is 6.88. The van der Waals surface area contributed by atoms with E-state index in [1.54, 1.807) is 0 Å². The molecule has 0 aromatic rings. The lowest BCUT2D eigenvalue weighted by atomic mass is 10.2. The topological polar surface area (TPSA) is 36.1 Å². The highest BCUT2D eigenvalue weighted by atomic mass is 35.5. The molecule has 1 rings (SSSR count). The fraction of sp³-hybridized carbons (Fsp3) is 0.429. The van der Waals surface area contributed by atoms with Crippen molar-refractivity contribution in [1.82, 2.24) is 0 Å². The van der Waals surface area contributed by atoms with Crippen LogP contribution in [0.25, 0.3) is 0 Å². The first kappa shape index (κ1) is 8.63. The van der Waals surface area contributed by atoms with Gasteiger partial charge in [0.15, 0.2) is 0 Å². The molecule has 1 aliphatic heterocycles. The molecule has 0 spiro atoms. The minimum Gasteiger partial charge on any atom is -0.245 e. The first-order valence-electron chi connectivity index (χ1n) is 3.23. The monoisotopic (exact) mass is 186 g/mol. The van der Waals surface area contributed by atoms with Crippen LogP contribution in [0.5, 0.6) is 0 Å². The van der Waals surface area contributed by atoms with E-state index < -0.39 is 0 Å². The van der Waals surface area contributed by atoms with Gasteiger partial charge >= 0.3 is 0 Å². The molecule has 0 amide bonds. The maximum absolute atomic E-state index is 8.37. The van der Waals surface area contributed by atoms with Crippen molar-refractivity contribution in [2.75, 3.05) is 0 Å². The van der Waals surface area contributed by atoms with Gasteiger partial charge in [-0.1, -0.05) is 11.6 Å². The zero-order valence-corrected chi connectivity index (χ0v) is 7.67. The molecule has 0 aromatic heterocycles. The Hall–Kier alpha value is -0.460. The number of nitriles is 1. The Kier molecular flexibility index (Phi) is 2.98. The Labute approximate surface area is 74.9 Å². The molecule has 0 saturated carbocycles. The summed E-state index contributed by atoms with van der Waals surface area (Å²) in [6.07, 6.45) is 1.77. The highest BCUT2D eigenvalue weighted by molar-refractivity contribution is 8.07. The minimum absolute atomic E-state index is 0.486. The van der Waals surface area contributed by atoms with Crippen molar-refractivity contribution in [2.45, 2.75) is 19.8 Å². The van der Waals surface area contributed by atoms with Gasteiger partial charge < -0.3 is 0 Å². The average Bonchev–Trinajstić information content (AvgIpc) is 1.95. The SMILES string of the molecule is CC1=NC(Cl)=C(SC#N)CC1. The third-order valence-electron chi connectivity index (χ3n) is 1.40. The van der Waals surface area contributed by atoms with Crippen LogP contribution in [0.4, 0.5) is 0 Å². The smallest absolute Gasteiger partial charge is 0.139 e. The van der Waals surface area contributed by atoms with Crippen LogP contribution in [0, 0.1) is 10.7 Å². The number of aliphatic imine (C=N–C) groups is 1. The van der Waals surface area contributed by atoms with E-state index in [0.717, 1.165) is 35.2 Å². The van der Waals surface area contributed by atoms with E-state index in [9.17, 15) is 0 Å². The largest absolute Gasteiger partial charge is 0.245 e. The van der Waals surface area contributed by atoms with Crippen molar-refractivity contribution >= 4 is 29.1 Å². The van der Waals surface area contributed by atoms with E-state index in [0.29, 0.717) is 5.16 Å². The van der Waals surface area contributed by atoms with Gasteiger partial charge in [-0.2, -0.15) is 5.26 Å². The molecule has 0 aromatic carbocycles. The van der Waals surface area contributed by atoms with Crippen LogP contribution in [0.3, 0.4) is 0 Å². The Balaban J connectivity index is 2.79. The number of thiocyanates is 1. The number of allylic oxidation sites excluding steroid dienone is 1. The van der Waals surface area contributed by atoms with Gasteiger partial charge in [0, 0.05) is 10.6 Å². The van der Waals surface area contributed by atoms with Crippen molar-refractivity contribution in [3.8, 4) is 5.40 Å². The maximum atomic E-state index is 8.37. The number of nitrogens with zero attached hydrogens (tertiary/aromatic N) is 2. The summed E-state index contributed by atoms with van der Waals surface area (Å²) in [6, 6.07) is 0. The first-order chi connectivity index (χ1) is 5.24. The van der Waals surface area contributed by atoms with Gasteiger partial charge in [-0.15, -0.1) is 0 Å². The molecule has 58 valence electrons. The molecule has 2 nitrogen and oxygen atoms in total. The van der Waals surface area contributed by atoms with Gasteiger partial charge in [0.25, 0.3) is 0 Å². The summed E-state index contributed by atoms with van der Waals surface area (Å²) in [4.78, 5) is 4.96. The van der Waals surface area contributed by atoms with Gasteiger partial charge in [-0.25, -0.2) is 4.99 Å². The summed E-state index contributed by atoms with van der Waals surface area (Å²) in [5, 5.41) is 10.8. The van der Waals surface area contributed by atoms with E-state index in [1.807, 2.05) is 12.3 Å². The average molecular weight is 187 g/mol. The Bertz CT molecular complexity index is 262. The Morgan fingerprint density at radius 3 is 2.91 bits per heavy atom. The van der Waals surface area contributed by atoms with Crippen LogP contribution in [0.15, 0.2) is 15.1 Å². The van der Waals surface area contributed by atoms with E-state index in [1.165, 1.54) is 0 Å². The van der Waals surface area contributed by atoms with Crippen LogP contribution in [-0.2, 0) is 0 Å². The maximum Gasteiger partial charge on any atom is 0.139 e. The summed E-state index contributed by atoms with van der Waals surface area (Å²) in [5.74, 6) is 0. The molecule has 11 heavy (non-hydrogen) atoms. The second-order valence-electron chi connectivity index (χ2n) is 2.25. The van der Waals surface area contributed by atoms with Crippen LogP contribution < -0.4 is 0 Å². The van der Waals surface area contributed by atoms with E-state index in [4.69, 9.17) is 16.9 Å². The fourth-order valence-corrected chi connectivity index (χ4v) is 1.63. The zero-order valence-electron chi connectivity index (χ0n) is 6.09. The van der Waals surface area contributed by atoms with Crippen LogP contribution in [-0.4, -0.2) is 5.71 Å². The van der Waals surface area contributed by atoms with Gasteiger partial charge in [0.2, 0.25) is 0 Å². The van der Waals surface area contributed by atoms with Crippen molar-refractivity contribution in [3.63, 3.8) is 0 Å². The molecule has 0 radical (unpaired) electrons. The molecular weight excluding hydrogens is 180 g/mol. The van der Waals surface area contributed by atoms with Crippen molar-refractivity contribution in [3.05, 3.63) is 10.1 Å². The lowest BCUT2D eigenvalue weighted by Gasteiger charge is -2.09. The molecule has 0 bridgehead atoms. The lowest BCUT2D eigenvalue weighted by Crippen LogP contribution is -1.98. The second kappa shape index (κ2) is 3.80. The molecule has 1 aliphatic rings. The summed E-state index contributed by atoms with van der Waals surface area (Å²) < 4.78 is 0. The van der Waals surface area contributed by atoms with Crippen LogP contribution in [0.1, 0.15) is 19.8 Å². The molecule has 0 saturated heterocycles. The first-order valence-corrected chi connectivity index (χ1v) is 4.42. The van der Waals surface area contributed by atoms with Crippen molar-refractivity contribution in [2.24, 2.45) is 4.99 Å². The quantitative estimate of drug-likeness (QED) is 0.467. The van der Waals surface area contributed by atoms with Crippen molar-refractivity contribution in [1.29, 1.82) is 5.26 Å². The standard InChI is InChI=1S/C7H7ClN2S/c1-5-2-3-6(11-4-9)7(8)10-5/h2-3H2,1H3. The normalized spacial score (nSPS) is 17.7. The number of rotatable bonds is 1. The molecule has 1 heterocycles. The highest BCUT2D eigenvalue weighted by Gasteiger charge is 2.10.